The summed E-state index contributed by atoms with van der Waals surface area (Å²) in [5.41, 5.74) is 1.07. The van der Waals surface area contributed by atoms with E-state index in [9.17, 15) is 0 Å². The maximum atomic E-state index is 5.59. The van der Waals surface area contributed by atoms with E-state index >= 15 is 0 Å². The lowest BCUT2D eigenvalue weighted by atomic mass is 10.2. The zero-order valence-corrected chi connectivity index (χ0v) is 14.9. The predicted octanol–water partition coefficient (Wildman–Crippen LogP) is 3.99. The first-order chi connectivity index (χ1) is 10.8. The molecule has 0 unspecified atom stereocenters. The monoisotopic (exact) mass is 323 g/mol. The summed E-state index contributed by atoms with van der Waals surface area (Å²) in [6.45, 7) is 9.34. The molecule has 0 fully saturated rings. The Hall–Kier alpha value is -1.24. The van der Waals surface area contributed by atoms with Crippen LogP contribution in [0, 0.1) is 0 Å². The first kappa shape index (κ1) is 18.8. The van der Waals surface area contributed by atoms with Crippen molar-refractivity contribution in [3.63, 3.8) is 0 Å². The van der Waals surface area contributed by atoms with Crippen LogP contribution in [-0.2, 0) is 15.4 Å². The SMILES string of the molecule is CCOc1ccccc1CN=NCCC[Si](OCC)OCC. The van der Waals surface area contributed by atoms with Gasteiger partial charge in [-0.15, -0.1) is 0 Å². The standard InChI is InChI=1S/C16H27N2O3Si/c1-4-19-16-11-8-7-10-15(16)14-18-17-12-9-13-22(20-5-2)21-6-3/h7-8,10-11H,4-6,9,12-14H2,1-3H3. The van der Waals surface area contributed by atoms with Crippen LogP contribution in [0.2, 0.25) is 6.04 Å². The van der Waals surface area contributed by atoms with Gasteiger partial charge in [0.1, 0.15) is 5.75 Å². The molecule has 0 N–H and O–H groups in total. The molecular weight excluding hydrogens is 296 g/mol. The molecule has 1 radical (unpaired) electrons. The number of rotatable bonds is 12. The Balaban J connectivity index is 2.29. The fourth-order valence-corrected chi connectivity index (χ4v) is 3.39. The fraction of sp³-hybridized carbons (Fsp3) is 0.625. The van der Waals surface area contributed by atoms with E-state index in [1.807, 2.05) is 45.0 Å². The molecule has 0 aliphatic rings. The quantitative estimate of drug-likeness (QED) is 0.332. The molecule has 1 aromatic rings. The lowest BCUT2D eigenvalue weighted by molar-refractivity contribution is 0.213. The van der Waals surface area contributed by atoms with Crippen LogP contribution < -0.4 is 4.74 Å². The van der Waals surface area contributed by atoms with Crippen molar-refractivity contribution in [2.45, 2.75) is 39.8 Å². The number of nitrogens with zero attached hydrogens (tertiary/aromatic N) is 2. The zero-order chi connectivity index (χ0) is 16.0. The van der Waals surface area contributed by atoms with E-state index < -0.39 is 9.28 Å². The molecule has 6 heteroatoms. The van der Waals surface area contributed by atoms with Gasteiger partial charge in [0.05, 0.1) is 19.7 Å². The average Bonchev–Trinajstić information content (AvgIpc) is 2.53. The Bertz CT molecular complexity index is 424. The Morgan fingerprint density at radius 2 is 1.68 bits per heavy atom. The van der Waals surface area contributed by atoms with Gasteiger partial charge in [0, 0.05) is 18.8 Å². The van der Waals surface area contributed by atoms with E-state index in [4.69, 9.17) is 13.6 Å². The zero-order valence-electron chi connectivity index (χ0n) is 13.9. The lowest BCUT2D eigenvalue weighted by Gasteiger charge is -2.11. The molecule has 0 bridgehead atoms. The Labute approximate surface area is 135 Å². The summed E-state index contributed by atoms with van der Waals surface area (Å²) in [5, 5.41) is 8.48. The molecule has 0 amide bonds. The van der Waals surface area contributed by atoms with Crippen LogP contribution in [0.3, 0.4) is 0 Å². The summed E-state index contributed by atoms with van der Waals surface area (Å²) in [6.07, 6.45) is 0.949. The average molecular weight is 323 g/mol. The van der Waals surface area contributed by atoms with E-state index in [0.717, 1.165) is 23.8 Å². The van der Waals surface area contributed by atoms with Crippen LogP contribution in [0.4, 0.5) is 0 Å². The number of para-hydroxylation sites is 1. The van der Waals surface area contributed by atoms with E-state index in [1.54, 1.807) is 0 Å². The molecule has 0 heterocycles. The smallest absolute Gasteiger partial charge is 0.384 e. The van der Waals surface area contributed by atoms with Gasteiger partial charge < -0.3 is 13.6 Å². The predicted molar refractivity (Wildman–Crippen MR) is 89.5 cm³/mol. The molecule has 0 atom stereocenters. The molecular formula is C16H27N2O3Si. The number of azo groups is 1. The van der Waals surface area contributed by atoms with Crippen molar-refractivity contribution in [2.75, 3.05) is 26.4 Å². The number of ether oxygens (including phenoxy) is 1. The number of hydrogen-bond donors (Lipinski definition) is 0. The largest absolute Gasteiger partial charge is 0.494 e. The maximum Gasteiger partial charge on any atom is 0.384 e. The van der Waals surface area contributed by atoms with Gasteiger partial charge in [-0.25, -0.2) is 0 Å². The summed E-state index contributed by atoms with van der Waals surface area (Å²) in [6, 6.07) is 8.90. The van der Waals surface area contributed by atoms with Crippen molar-refractivity contribution in [2.24, 2.45) is 10.2 Å². The summed E-state index contributed by atoms with van der Waals surface area (Å²) in [7, 11) is -1.12. The minimum atomic E-state index is -1.12. The van der Waals surface area contributed by atoms with Crippen LogP contribution in [-0.4, -0.2) is 35.6 Å². The van der Waals surface area contributed by atoms with Crippen molar-refractivity contribution in [1.29, 1.82) is 0 Å². The highest BCUT2D eigenvalue weighted by atomic mass is 28.3. The summed E-state index contributed by atoms with van der Waals surface area (Å²) >= 11 is 0. The normalized spacial score (nSPS) is 11.5. The fourth-order valence-electron chi connectivity index (χ4n) is 1.93. The van der Waals surface area contributed by atoms with Crippen LogP contribution in [0.15, 0.2) is 34.5 Å². The van der Waals surface area contributed by atoms with Crippen molar-refractivity contribution in [3.8, 4) is 5.75 Å². The highest BCUT2D eigenvalue weighted by molar-refractivity contribution is 6.44. The third kappa shape index (κ3) is 7.68. The molecule has 0 spiro atoms. The highest BCUT2D eigenvalue weighted by Gasteiger charge is 2.13. The molecule has 0 saturated carbocycles. The maximum absolute atomic E-state index is 5.59. The molecule has 1 rings (SSSR count). The van der Waals surface area contributed by atoms with E-state index in [1.165, 1.54) is 0 Å². The second-order valence-electron chi connectivity index (χ2n) is 4.55. The molecule has 1 aromatic carbocycles. The van der Waals surface area contributed by atoms with Crippen LogP contribution >= 0.6 is 0 Å². The van der Waals surface area contributed by atoms with E-state index in [0.29, 0.717) is 32.9 Å². The highest BCUT2D eigenvalue weighted by Crippen LogP contribution is 2.18. The van der Waals surface area contributed by atoms with E-state index in [-0.39, 0.29) is 0 Å². The summed E-state index contributed by atoms with van der Waals surface area (Å²) < 4.78 is 16.8. The van der Waals surface area contributed by atoms with Crippen molar-refractivity contribution >= 4 is 9.28 Å². The Kier molecular flexibility index (Phi) is 10.5. The van der Waals surface area contributed by atoms with Gasteiger partial charge in [0.25, 0.3) is 0 Å². The van der Waals surface area contributed by atoms with Crippen molar-refractivity contribution < 1.29 is 13.6 Å². The molecule has 0 aliphatic carbocycles. The van der Waals surface area contributed by atoms with Crippen molar-refractivity contribution in [3.05, 3.63) is 29.8 Å². The lowest BCUT2D eigenvalue weighted by Crippen LogP contribution is -2.22. The van der Waals surface area contributed by atoms with Gasteiger partial charge in [-0.3, -0.25) is 0 Å². The minimum Gasteiger partial charge on any atom is -0.494 e. The van der Waals surface area contributed by atoms with Gasteiger partial charge >= 0.3 is 9.28 Å². The molecule has 22 heavy (non-hydrogen) atoms. The van der Waals surface area contributed by atoms with Crippen LogP contribution in [0.5, 0.6) is 5.75 Å². The first-order valence-electron chi connectivity index (χ1n) is 7.97. The molecule has 0 aliphatic heterocycles. The molecule has 5 nitrogen and oxygen atoms in total. The van der Waals surface area contributed by atoms with Gasteiger partial charge in [0.15, 0.2) is 0 Å². The van der Waals surface area contributed by atoms with Gasteiger partial charge in [-0.2, -0.15) is 10.2 Å². The summed E-state index contributed by atoms with van der Waals surface area (Å²) in [4.78, 5) is 0. The second-order valence-corrected chi connectivity index (χ2v) is 6.37. The number of hydrogen-bond acceptors (Lipinski definition) is 5. The molecule has 0 saturated heterocycles. The minimum absolute atomic E-state index is 0.560. The molecule has 0 aromatic heterocycles. The van der Waals surface area contributed by atoms with E-state index in [2.05, 4.69) is 10.2 Å². The van der Waals surface area contributed by atoms with Gasteiger partial charge in [0.2, 0.25) is 0 Å². The summed E-state index contributed by atoms with van der Waals surface area (Å²) in [5.74, 6) is 0.891. The Morgan fingerprint density at radius 3 is 2.36 bits per heavy atom. The van der Waals surface area contributed by atoms with Crippen molar-refractivity contribution in [1.82, 2.24) is 0 Å². The molecule has 123 valence electrons. The van der Waals surface area contributed by atoms with Gasteiger partial charge in [-0.1, -0.05) is 18.2 Å². The van der Waals surface area contributed by atoms with Gasteiger partial charge in [-0.05, 0) is 39.3 Å². The Morgan fingerprint density at radius 1 is 0.955 bits per heavy atom. The topological polar surface area (TPSA) is 52.4 Å². The third-order valence-electron chi connectivity index (χ3n) is 2.86. The third-order valence-corrected chi connectivity index (χ3v) is 4.85. The van der Waals surface area contributed by atoms with Crippen LogP contribution in [0.25, 0.3) is 0 Å². The van der Waals surface area contributed by atoms with Crippen LogP contribution in [0.1, 0.15) is 32.8 Å². The second kappa shape index (κ2) is 12.3. The first-order valence-corrected chi connectivity index (χ1v) is 9.49. The number of benzene rings is 1.